The lowest BCUT2D eigenvalue weighted by molar-refractivity contribution is 0.464. The van der Waals surface area contributed by atoms with Gasteiger partial charge in [-0.2, -0.15) is 4.99 Å². The topological polar surface area (TPSA) is 29.4 Å². The van der Waals surface area contributed by atoms with Gasteiger partial charge < -0.3 is 0 Å². The van der Waals surface area contributed by atoms with Gasteiger partial charge >= 0.3 is 0 Å². The third-order valence-electron chi connectivity index (χ3n) is 1.37. The number of aliphatic imine (C=N–C) groups is 1. The lowest BCUT2D eigenvalue weighted by Crippen LogP contribution is -1.85. The highest BCUT2D eigenvalue weighted by atomic mass is 19.1. The van der Waals surface area contributed by atoms with Gasteiger partial charge in [-0.15, -0.1) is 0 Å². The van der Waals surface area contributed by atoms with E-state index in [4.69, 9.17) is 0 Å². The Labute approximate surface area is 67.5 Å². The molecule has 2 nitrogen and oxygen atoms in total. The van der Waals surface area contributed by atoms with Gasteiger partial charge in [-0.1, -0.05) is 12.1 Å². The molecule has 0 aliphatic heterocycles. The zero-order valence-corrected chi connectivity index (χ0v) is 6.05. The summed E-state index contributed by atoms with van der Waals surface area (Å²) in [4.78, 5) is 12.8. The summed E-state index contributed by atoms with van der Waals surface area (Å²) in [5.41, 5.74) is -0.286. The molecule has 0 N–H and O–H groups in total. The maximum Gasteiger partial charge on any atom is 0.240 e. The van der Waals surface area contributed by atoms with Crippen molar-refractivity contribution in [3.8, 4) is 0 Å². The van der Waals surface area contributed by atoms with E-state index in [1.165, 1.54) is 24.3 Å². The molecule has 0 radical (unpaired) electrons. The summed E-state index contributed by atoms with van der Waals surface area (Å²) >= 11 is 0. The zero-order valence-electron chi connectivity index (χ0n) is 6.05. The van der Waals surface area contributed by atoms with Gasteiger partial charge in [-0.25, -0.2) is 13.6 Å². The van der Waals surface area contributed by atoms with Gasteiger partial charge in [-0.3, -0.25) is 0 Å². The number of rotatable bonds is 2. The first kappa shape index (κ1) is 8.56. The average molecular weight is 169 g/mol. The number of hydrogen-bond acceptors (Lipinski definition) is 2. The van der Waals surface area contributed by atoms with Crippen LogP contribution in [0.15, 0.2) is 23.2 Å². The number of halogens is 2. The van der Waals surface area contributed by atoms with Crippen molar-refractivity contribution in [3.05, 3.63) is 29.6 Å². The molecular formula is C8H5F2NO. The van der Waals surface area contributed by atoms with Crippen molar-refractivity contribution in [1.29, 1.82) is 0 Å². The Morgan fingerprint density at radius 3 is 2.83 bits per heavy atom. The molecule has 1 rings (SSSR count). The van der Waals surface area contributed by atoms with Gasteiger partial charge in [0.15, 0.2) is 5.82 Å². The second-order valence-electron chi connectivity index (χ2n) is 2.09. The minimum atomic E-state index is -0.909. The normalized spacial score (nSPS) is 9.17. The lowest BCUT2D eigenvalue weighted by Gasteiger charge is -1.98. The Morgan fingerprint density at radius 2 is 2.25 bits per heavy atom. The molecule has 1 aromatic rings. The van der Waals surface area contributed by atoms with Crippen molar-refractivity contribution in [2.75, 3.05) is 0 Å². The van der Waals surface area contributed by atoms with Crippen LogP contribution in [-0.2, 0) is 11.5 Å². The van der Waals surface area contributed by atoms with Crippen molar-refractivity contribution >= 4 is 11.8 Å². The Hall–Kier alpha value is -1.54. The molecule has 4 heteroatoms. The van der Waals surface area contributed by atoms with Crippen LogP contribution >= 0.6 is 0 Å². The van der Waals surface area contributed by atoms with Gasteiger partial charge in [0.2, 0.25) is 6.08 Å². The molecule has 0 saturated carbocycles. The molecule has 0 unspecified atom stereocenters. The van der Waals surface area contributed by atoms with Crippen LogP contribution < -0.4 is 0 Å². The number of benzene rings is 1. The van der Waals surface area contributed by atoms with E-state index in [0.717, 1.165) is 0 Å². The highest BCUT2D eigenvalue weighted by Gasteiger charge is 2.05. The molecule has 0 amide bonds. The zero-order chi connectivity index (χ0) is 8.97. The molecule has 0 aliphatic carbocycles. The molecule has 0 heterocycles. The summed E-state index contributed by atoms with van der Waals surface area (Å²) in [6, 6.07) is 3.99. The molecule has 0 atom stereocenters. The van der Waals surface area contributed by atoms with E-state index >= 15 is 0 Å². The van der Waals surface area contributed by atoms with Gasteiger partial charge in [0.1, 0.15) is 12.4 Å². The molecule has 0 bridgehead atoms. The number of isocyanates is 1. The minimum absolute atomic E-state index is 0.105. The second-order valence-corrected chi connectivity index (χ2v) is 2.09. The van der Waals surface area contributed by atoms with Gasteiger partial charge in [-0.05, 0) is 6.07 Å². The predicted octanol–water partition coefficient (Wildman–Crippen LogP) is 2.26. The van der Waals surface area contributed by atoms with E-state index in [1.54, 1.807) is 0 Å². The monoisotopic (exact) mass is 169 g/mol. The fraction of sp³-hybridized carbons (Fsp3) is 0.125. The van der Waals surface area contributed by atoms with Crippen molar-refractivity contribution in [3.63, 3.8) is 0 Å². The van der Waals surface area contributed by atoms with E-state index in [-0.39, 0.29) is 11.3 Å². The Bertz CT molecular complexity index is 332. The molecule has 0 spiro atoms. The van der Waals surface area contributed by atoms with Crippen LogP contribution in [0.1, 0.15) is 5.56 Å². The summed E-state index contributed by atoms with van der Waals surface area (Å²) in [5, 5.41) is 0. The Kier molecular flexibility index (Phi) is 2.66. The first-order valence-electron chi connectivity index (χ1n) is 3.21. The van der Waals surface area contributed by atoms with Crippen molar-refractivity contribution in [1.82, 2.24) is 0 Å². The number of carbonyl (C=O) groups excluding carboxylic acids is 1. The molecule has 62 valence electrons. The van der Waals surface area contributed by atoms with Crippen LogP contribution in [0, 0.1) is 5.82 Å². The third kappa shape index (κ3) is 1.54. The number of hydrogen-bond donors (Lipinski definition) is 0. The largest absolute Gasteiger partial charge is 0.246 e. The third-order valence-corrected chi connectivity index (χ3v) is 1.37. The Balaban J connectivity index is 3.22. The van der Waals surface area contributed by atoms with Gasteiger partial charge in [0.05, 0.1) is 0 Å². The smallest absolute Gasteiger partial charge is 0.240 e. The van der Waals surface area contributed by atoms with E-state index in [9.17, 15) is 13.6 Å². The molecule has 0 aliphatic rings. The number of alkyl halides is 1. The highest BCUT2D eigenvalue weighted by Crippen LogP contribution is 2.20. The van der Waals surface area contributed by atoms with E-state index in [0.29, 0.717) is 0 Å². The fourth-order valence-corrected chi connectivity index (χ4v) is 0.805. The number of nitrogens with zero attached hydrogens (tertiary/aromatic N) is 1. The summed E-state index contributed by atoms with van der Waals surface area (Å²) in [6.45, 7) is -0.909. The molecular weight excluding hydrogens is 164 g/mol. The predicted molar refractivity (Wildman–Crippen MR) is 39.0 cm³/mol. The second kappa shape index (κ2) is 3.74. The van der Waals surface area contributed by atoms with Crippen molar-refractivity contribution < 1.29 is 13.6 Å². The van der Waals surface area contributed by atoms with Crippen molar-refractivity contribution in [2.45, 2.75) is 6.67 Å². The summed E-state index contributed by atoms with van der Waals surface area (Å²) in [6.07, 6.45) is 1.19. The molecule has 0 saturated heterocycles. The van der Waals surface area contributed by atoms with Gasteiger partial charge in [0.25, 0.3) is 0 Å². The van der Waals surface area contributed by atoms with E-state index in [2.05, 4.69) is 4.99 Å². The first-order chi connectivity index (χ1) is 5.79. The van der Waals surface area contributed by atoms with Crippen LogP contribution in [0.2, 0.25) is 0 Å². The fourth-order valence-electron chi connectivity index (χ4n) is 0.805. The summed E-state index contributed by atoms with van der Waals surface area (Å²) in [5.74, 6) is -0.802. The molecule has 1 aromatic carbocycles. The maximum atomic E-state index is 12.9. The van der Waals surface area contributed by atoms with E-state index in [1.807, 2.05) is 0 Å². The summed E-state index contributed by atoms with van der Waals surface area (Å²) in [7, 11) is 0. The highest BCUT2D eigenvalue weighted by molar-refractivity contribution is 5.50. The quantitative estimate of drug-likeness (QED) is 0.493. The molecule has 0 fully saturated rings. The first-order valence-corrected chi connectivity index (χ1v) is 3.21. The lowest BCUT2D eigenvalue weighted by atomic mass is 10.2. The molecule has 12 heavy (non-hydrogen) atoms. The molecule has 0 aromatic heterocycles. The van der Waals surface area contributed by atoms with Crippen LogP contribution in [0.4, 0.5) is 14.5 Å². The average Bonchev–Trinajstić information content (AvgIpc) is 2.09. The van der Waals surface area contributed by atoms with Crippen LogP contribution in [0.25, 0.3) is 0 Å². The SMILES string of the molecule is O=C=Nc1cccc(CF)c1F. The summed E-state index contributed by atoms with van der Waals surface area (Å²) < 4.78 is 25.0. The van der Waals surface area contributed by atoms with Crippen molar-refractivity contribution in [2.24, 2.45) is 4.99 Å². The maximum absolute atomic E-state index is 12.9. The van der Waals surface area contributed by atoms with Gasteiger partial charge in [0, 0.05) is 5.56 Å². The van der Waals surface area contributed by atoms with Crippen LogP contribution in [0.3, 0.4) is 0 Å². The standard InChI is InChI=1S/C8H5F2NO/c9-4-6-2-1-3-7(8(6)10)11-5-12/h1-3H,4H2. The van der Waals surface area contributed by atoms with Crippen LogP contribution in [0.5, 0.6) is 0 Å². The minimum Gasteiger partial charge on any atom is -0.246 e. The van der Waals surface area contributed by atoms with E-state index < -0.39 is 12.5 Å². The van der Waals surface area contributed by atoms with Crippen LogP contribution in [-0.4, -0.2) is 6.08 Å². The Morgan fingerprint density at radius 1 is 1.50 bits per heavy atom.